The summed E-state index contributed by atoms with van der Waals surface area (Å²) < 4.78 is 22.0. The zero-order valence-electron chi connectivity index (χ0n) is 29.1. The van der Waals surface area contributed by atoms with Gasteiger partial charge in [0.25, 0.3) is 0 Å². The van der Waals surface area contributed by atoms with E-state index in [1.807, 2.05) is 64.1 Å². The van der Waals surface area contributed by atoms with Gasteiger partial charge in [-0.3, -0.25) is 9.59 Å². The topological polar surface area (TPSA) is 105 Å². The smallest absolute Gasteiger partial charge is 0.338 e. The molecule has 0 saturated carbocycles. The highest BCUT2D eigenvalue weighted by Gasteiger charge is 2.58. The first-order valence-electron chi connectivity index (χ1n) is 17.7. The molecule has 2 unspecified atom stereocenters. The average molecular weight is 813 g/mol. The Morgan fingerprint density at radius 3 is 1.82 bits per heavy atom. The van der Waals surface area contributed by atoms with Gasteiger partial charge >= 0.3 is 23.9 Å². The summed E-state index contributed by atoms with van der Waals surface area (Å²) in [5.74, 6) is -4.58. The summed E-state index contributed by atoms with van der Waals surface area (Å²) in [6.07, 6.45) is 5.53. The number of esters is 4. The standard InChI is InChI=1S/C40H44Br2O8/c1-5-9-19-47-36(43)27-23-28(41)30-25-17-13-15-24-16-14-18-26(29(24)25)34-32(30)31(27)33(37(44)48-20-10-6-2)35(38(45)49-21-11-7-3)40(34,42)39(46)50-22-12-8-4/h13-18,23,35H,5-12,19-22H2,1-4H3. The lowest BCUT2D eigenvalue weighted by molar-refractivity contribution is -0.157. The van der Waals surface area contributed by atoms with Crippen LogP contribution in [0.5, 0.6) is 0 Å². The number of carbonyl (C=O) groups excluding carboxylic acids is 4. The molecule has 50 heavy (non-hydrogen) atoms. The maximum atomic E-state index is 14.7. The second-order valence-corrected chi connectivity index (χ2v) is 14.8. The summed E-state index contributed by atoms with van der Waals surface area (Å²) in [7, 11) is 0. The van der Waals surface area contributed by atoms with Crippen molar-refractivity contribution in [3.8, 4) is 0 Å². The number of ether oxygens (including phenoxy) is 4. The van der Waals surface area contributed by atoms with Gasteiger partial charge in [0.2, 0.25) is 0 Å². The molecule has 0 spiro atoms. The van der Waals surface area contributed by atoms with Gasteiger partial charge in [-0.2, -0.15) is 0 Å². The van der Waals surface area contributed by atoms with E-state index in [0.717, 1.165) is 41.8 Å². The van der Waals surface area contributed by atoms with Crippen LogP contribution < -0.4 is 5.22 Å². The van der Waals surface area contributed by atoms with Crippen molar-refractivity contribution in [1.29, 1.82) is 0 Å². The van der Waals surface area contributed by atoms with Gasteiger partial charge in [-0.15, -0.1) is 0 Å². The summed E-state index contributed by atoms with van der Waals surface area (Å²) in [4.78, 5) is 57.9. The summed E-state index contributed by atoms with van der Waals surface area (Å²) in [6, 6.07) is 13.3. The van der Waals surface area contributed by atoms with Crippen LogP contribution in [0, 0.1) is 5.92 Å². The van der Waals surface area contributed by atoms with Crippen molar-refractivity contribution in [1.82, 2.24) is 0 Å². The first-order chi connectivity index (χ1) is 24.2. The number of fused-ring (bicyclic) bond motifs is 2. The zero-order valence-corrected chi connectivity index (χ0v) is 32.3. The highest BCUT2D eigenvalue weighted by Crippen LogP contribution is 2.54. The Bertz CT molecular complexity index is 1980. The number of hydrogen-bond donors (Lipinski definition) is 0. The zero-order chi connectivity index (χ0) is 36.0. The molecule has 1 aliphatic rings. The molecule has 0 heterocycles. The molecular formula is C40H44Br2O8. The minimum atomic E-state index is -1.93. The molecule has 0 aliphatic heterocycles. The van der Waals surface area contributed by atoms with Gasteiger partial charge in [-0.25, -0.2) is 9.59 Å². The van der Waals surface area contributed by atoms with Gasteiger partial charge in [0.1, 0.15) is 5.92 Å². The van der Waals surface area contributed by atoms with E-state index in [2.05, 4.69) is 31.9 Å². The predicted molar refractivity (Wildman–Crippen MR) is 202 cm³/mol. The fourth-order valence-corrected chi connectivity index (χ4v) is 8.25. The quantitative estimate of drug-likeness (QED) is 0.0276. The highest BCUT2D eigenvalue weighted by atomic mass is 79.9. The van der Waals surface area contributed by atoms with Gasteiger partial charge in [0.05, 0.1) is 37.6 Å². The molecule has 0 bridgehead atoms. The molecule has 0 saturated heterocycles. The van der Waals surface area contributed by atoms with E-state index in [1.54, 1.807) is 6.07 Å². The van der Waals surface area contributed by atoms with Gasteiger partial charge in [-0.1, -0.05) is 122 Å². The summed E-state index contributed by atoms with van der Waals surface area (Å²) in [5.41, 5.74) is 0.353. The lowest BCUT2D eigenvalue weighted by Gasteiger charge is -2.39. The first kappa shape index (κ1) is 37.7. The largest absolute Gasteiger partial charge is 0.465 e. The number of hydrogen-bond acceptors (Lipinski definition) is 8. The number of unbranched alkanes of at least 4 members (excludes halogenated alkanes) is 4. The van der Waals surface area contributed by atoms with Crippen molar-refractivity contribution in [2.24, 2.45) is 5.92 Å². The predicted octanol–water partition coefficient (Wildman–Crippen LogP) is 8.99. The molecule has 5 rings (SSSR count). The van der Waals surface area contributed by atoms with E-state index in [0.29, 0.717) is 51.9 Å². The molecule has 8 nitrogen and oxygen atoms in total. The number of halogens is 2. The molecule has 0 radical (unpaired) electrons. The number of carbonyl (C=O) groups is 4. The van der Waals surface area contributed by atoms with Crippen LogP contribution in [0.4, 0.5) is 0 Å². The van der Waals surface area contributed by atoms with Crippen LogP contribution in [0.1, 0.15) is 95.0 Å². The Morgan fingerprint density at radius 1 is 0.680 bits per heavy atom. The maximum Gasteiger partial charge on any atom is 0.338 e. The summed E-state index contributed by atoms with van der Waals surface area (Å²) in [6.45, 7) is 8.37. The number of alkyl halides is 1. The monoisotopic (exact) mass is 810 g/mol. The minimum absolute atomic E-state index is 0.0794. The van der Waals surface area contributed by atoms with Crippen LogP contribution in [0.3, 0.4) is 0 Å². The van der Waals surface area contributed by atoms with Crippen LogP contribution in [0.2, 0.25) is 0 Å². The van der Waals surface area contributed by atoms with E-state index in [9.17, 15) is 19.2 Å². The molecular weight excluding hydrogens is 768 g/mol. The third-order valence-corrected chi connectivity index (χ3v) is 11.0. The van der Waals surface area contributed by atoms with E-state index < -0.39 is 34.1 Å². The van der Waals surface area contributed by atoms with Gasteiger partial charge in [0, 0.05) is 15.1 Å². The number of benzene rings is 4. The third kappa shape index (κ3) is 6.90. The van der Waals surface area contributed by atoms with Crippen molar-refractivity contribution in [3.63, 3.8) is 0 Å². The van der Waals surface area contributed by atoms with Gasteiger partial charge < -0.3 is 18.9 Å². The summed E-state index contributed by atoms with van der Waals surface area (Å²) >= 11 is 7.59. The molecule has 266 valence electrons. The van der Waals surface area contributed by atoms with E-state index in [4.69, 9.17) is 18.9 Å². The first-order valence-corrected chi connectivity index (χ1v) is 19.3. The Kier molecular flexibility index (Phi) is 12.6. The van der Waals surface area contributed by atoms with Crippen molar-refractivity contribution in [2.45, 2.75) is 83.4 Å². The molecule has 10 heteroatoms. The Hall–Kier alpha value is -3.50. The minimum Gasteiger partial charge on any atom is -0.465 e. The molecule has 4 aromatic rings. The molecule has 0 N–H and O–H groups in total. The van der Waals surface area contributed by atoms with Crippen molar-refractivity contribution in [2.75, 3.05) is 26.4 Å². The molecule has 1 aliphatic carbocycles. The third-order valence-electron chi connectivity index (χ3n) is 9.20. The van der Waals surface area contributed by atoms with Crippen LogP contribution >= 0.6 is 31.9 Å². The molecule has 0 fully saturated rings. The molecule has 2 atom stereocenters. The SMILES string of the molecule is CCCCOC(=O)C1=c2c(C(=O)OCCCC)cc(Br)c3c2c(c2cccc4cccc3c42)C(Br)(C(=O)OCCCC)C1C(=O)OCCCC. The van der Waals surface area contributed by atoms with E-state index in [1.165, 1.54) is 0 Å². The molecule has 4 aromatic carbocycles. The Morgan fingerprint density at radius 2 is 1.22 bits per heavy atom. The Balaban J connectivity index is 2.03. The van der Waals surface area contributed by atoms with Gasteiger partial charge in [-0.05, 0) is 64.2 Å². The fourth-order valence-electron chi connectivity index (χ4n) is 6.67. The normalized spacial score (nSPS) is 16.9. The van der Waals surface area contributed by atoms with Crippen molar-refractivity contribution < 1.29 is 38.1 Å². The van der Waals surface area contributed by atoms with Crippen LogP contribution in [-0.2, 0) is 37.7 Å². The van der Waals surface area contributed by atoms with Crippen LogP contribution in [0.25, 0.3) is 37.9 Å². The maximum absolute atomic E-state index is 14.7. The molecule has 0 amide bonds. The second-order valence-electron chi connectivity index (χ2n) is 12.7. The fraction of sp³-hybridized carbons (Fsp3) is 0.450. The summed E-state index contributed by atoms with van der Waals surface area (Å²) in [5, 5.41) is 4.61. The van der Waals surface area contributed by atoms with Crippen molar-refractivity contribution in [3.05, 3.63) is 63.3 Å². The van der Waals surface area contributed by atoms with Crippen LogP contribution in [0.15, 0.2) is 46.9 Å². The average Bonchev–Trinajstić information content (AvgIpc) is 3.10. The van der Waals surface area contributed by atoms with Gasteiger partial charge in [0.15, 0.2) is 4.32 Å². The second kappa shape index (κ2) is 16.7. The Labute approximate surface area is 309 Å². The lowest BCUT2D eigenvalue weighted by atomic mass is 9.70. The lowest BCUT2D eigenvalue weighted by Crippen LogP contribution is -2.51. The van der Waals surface area contributed by atoms with E-state index >= 15 is 0 Å². The van der Waals surface area contributed by atoms with Crippen LogP contribution in [-0.4, -0.2) is 50.3 Å². The highest BCUT2D eigenvalue weighted by molar-refractivity contribution is 9.10. The van der Waals surface area contributed by atoms with Crippen molar-refractivity contribution >= 4 is 93.6 Å². The van der Waals surface area contributed by atoms with E-state index in [-0.39, 0.29) is 42.8 Å². The number of rotatable bonds is 16. The molecule has 0 aromatic heterocycles.